The Morgan fingerprint density at radius 3 is 2.38 bits per heavy atom. The summed E-state index contributed by atoms with van der Waals surface area (Å²) in [5.74, 6) is -0.354. The van der Waals surface area contributed by atoms with Gasteiger partial charge in [0, 0.05) is 6.04 Å². The topological polar surface area (TPSA) is 46.6 Å². The molecular weight excluding hydrogens is 436 g/mol. The van der Waals surface area contributed by atoms with Gasteiger partial charge in [-0.25, -0.2) is 4.39 Å². The second-order valence-electron chi connectivity index (χ2n) is 6.54. The summed E-state index contributed by atoms with van der Waals surface area (Å²) in [6, 6.07) is 8.98. The van der Waals surface area contributed by atoms with E-state index in [9.17, 15) is 14.0 Å². The molecule has 0 N–H and O–H groups in total. The summed E-state index contributed by atoms with van der Waals surface area (Å²) in [6.07, 6.45) is 2.28. The molecule has 0 aromatic heterocycles. The van der Waals surface area contributed by atoms with Crippen LogP contribution >= 0.6 is 35.0 Å². The fourth-order valence-corrected chi connectivity index (χ4v) is 4.27. The average Bonchev–Trinajstić information content (AvgIpc) is 2.95. The molecule has 4 nitrogen and oxygen atoms in total. The highest BCUT2D eigenvalue weighted by atomic mass is 35.5. The first-order chi connectivity index (χ1) is 13.8. The highest BCUT2D eigenvalue weighted by molar-refractivity contribution is 8.18. The fraction of sp³-hybridized carbons (Fsp3) is 0.238. The standard InChI is InChI=1S/C21H18Cl2FNO3S/c1-3-12(2)25-20(26)18(29-21(25)27)10-14-8-16(22)19(17(23)9-14)28-11-13-4-6-15(24)7-5-13/h4-10,12H,3,11H2,1-2H3/b18-10+/t12-/m1/s1. The van der Waals surface area contributed by atoms with E-state index in [1.807, 2.05) is 13.8 Å². The smallest absolute Gasteiger partial charge is 0.293 e. The largest absolute Gasteiger partial charge is 0.486 e. The van der Waals surface area contributed by atoms with Gasteiger partial charge in [-0.3, -0.25) is 14.5 Å². The van der Waals surface area contributed by atoms with Gasteiger partial charge < -0.3 is 4.74 Å². The van der Waals surface area contributed by atoms with Crippen molar-refractivity contribution in [2.75, 3.05) is 0 Å². The number of benzene rings is 2. The molecule has 1 heterocycles. The van der Waals surface area contributed by atoms with Gasteiger partial charge in [-0.2, -0.15) is 0 Å². The summed E-state index contributed by atoms with van der Waals surface area (Å²) in [7, 11) is 0. The van der Waals surface area contributed by atoms with Crippen molar-refractivity contribution in [3.63, 3.8) is 0 Å². The Labute approximate surface area is 182 Å². The Bertz CT molecular complexity index is 955. The summed E-state index contributed by atoms with van der Waals surface area (Å²) in [4.78, 5) is 26.3. The van der Waals surface area contributed by atoms with Gasteiger partial charge in [0.05, 0.1) is 15.0 Å². The highest BCUT2D eigenvalue weighted by Gasteiger charge is 2.37. The van der Waals surface area contributed by atoms with Gasteiger partial charge in [0.15, 0.2) is 5.75 Å². The molecule has 1 aliphatic rings. The van der Waals surface area contributed by atoms with Crippen LogP contribution in [0.5, 0.6) is 5.75 Å². The van der Waals surface area contributed by atoms with Gasteiger partial charge in [-0.15, -0.1) is 0 Å². The van der Waals surface area contributed by atoms with Crippen LogP contribution in [-0.4, -0.2) is 22.1 Å². The van der Waals surface area contributed by atoms with Gasteiger partial charge in [-0.05, 0) is 66.6 Å². The minimum absolute atomic E-state index is 0.164. The second-order valence-corrected chi connectivity index (χ2v) is 8.35. The number of nitrogens with zero attached hydrogens (tertiary/aromatic N) is 1. The summed E-state index contributed by atoms with van der Waals surface area (Å²) < 4.78 is 18.7. The number of hydrogen-bond acceptors (Lipinski definition) is 4. The van der Waals surface area contributed by atoms with Crippen LogP contribution in [0.15, 0.2) is 41.3 Å². The fourth-order valence-electron chi connectivity index (χ4n) is 2.73. The van der Waals surface area contributed by atoms with Gasteiger partial charge in [-0.1, -0.05) is 42.3 Å². The van der Waals surface area contributed by atoms with E-state index in [0.717, 1.165) is 17.3 Å². The Morgan fingerprint density at radius 2 is 1.79 bits per heavy atom. The molecule has 29 heavy (non-hydrogen) atoms. The van der Waals surface area contributed by atoms with Crippen molar-refractivity contribution in [2.45, 2.75) is 32.9 Å². The van der Waals surface area contributed by atoms with Gasteiger partial charge >= 0.3 is 0 Å². The average molecular weight is 454 g/mol. The molecule has 0 bridgehead atoms. The van der Waals surface area contributed by atoms with E-state index in [1.54, 1.807) is 30.3 Å². The first-order valence-electron chi connectivity index (χ1n) is 8.93. The van der Waals surface area contributed by atoms with E-state index in [0.29, 0.717) is 22.6 Å². The Kier molecular flexibility index (Phi) is 6.88. The predicted octanol–water partition coefficient (Wildman–Crippen LogP) is 6.55. The molecule has 8 heteroatoms. The first-order valence-corrected chi connectivity index (χ1v) is 10.5. The minimum Gasteiger partial charge on any atom is -0.486 e. The van der Waals surface area contributed by atoms with E-state index < -0.39 is 0 Å². The third-order valence-electron chi connectivity index (χ3n) is 4.47. The molecule has 0 spiro atoms. The van der Waals surface area contributed by atoms with Crippen molar-refractivity contribution < 1.29 is 18.7 Å². The van der Waals surface area contributed by atoms with Crippen LogP contribution < -0.4 is 4.74 Å². The quantitative estimate of drug-likeness (QED) is 0.465. The second kappa shape index (κ2) is 9.20. The summed E-state index contributed by atoms with van der Waals surface area (Å²) in [5.41, 5.74) is 1.35. The number of imide groups is 1. The molecule has 0 radical (unpaired) electrons. The maximum absolute atomic E-state index is 13.0. The van der Waals surface area contributed by atoms with Crippen LogP contribution in [0, 0.1) is 5.82 Å². The SMILES string of the molecule is CC[C@@H](C)N1C(=O)S/C(=C/c2cc(Cl)c(OCc3ccc(F)cc3)c(Cl)c2)C1=O. The molecule has 152 valence electrons. The zero-order valence-electron chi connectivity index (χ0n) is 15.7. The van der Waals surface area contributed by atoms with Crippen molar-refractivity contribution in [3.8, 4) is 5.75 Å². The number of rotatable bonds is 6. The van der Waals surface area contributed by atoms with E-state index in [1.165, 1.54) is 17.0 Å². The van der Waals surface area contributed by atoms with E-state index in [4.69, 9.17) is 27.9 Å². The van der Waals surface area contributed by atoms with Crippen LogP contribution in [0.1, 0.15) is 31.4 Å². The molecular formula is C21H18Cl2FNO3S. The zero-order valence-corrected chi connectivity index (χ0v) is 18.1. The number of ether oxygens (including phenoxy) is 1. The molecule has 1 aliphatic heterocycles. The van der Waals surface area contributed by atoms with Crippen LogP contribution in [0.2, 0.25) is 10.0 Å². The van der Waals surface area contributed by atoms with Crippen molar-refractivity contribution >= 4 is 52.2 Å². The Morgan fingerprint density at radius 1 is 1.17 bits per heavy atom. The molecule has 1 fully saturated rings. The van der Waals surface area contributed by atoms with E-state index in [-0.39, 0.29) is 39.7 Å². The van der Waals surface area contributed by atoms with Crippen LogP contribution in [0.4, 0.5) is 9.18 Å². The first kappa shape index (κ1) is 21.7. The third kappa shape index (κ3) is 4.94. The highest BCUT2D eigenvalue weighted by Crippen LogP contribution is 2.38. The molecule has 0 saturated carbocycles. The molecule has 2 aromatic carbocycles. The molecule has 0 aliphatic carbocycles. The van der Waals surface area contributed by atoms with E-state index in [2.05, 4.69) is 0 Å². The van der Waals surface area contributed by atoms with E-state index >= 15 is 0 Å². The number of thioether (sulfide) groups is 1. The molecule has 0 unspecified atom stereocenters. The van der Waals surface area contributed by atoms with Crippen molar-refractivity contribution in [1.29, 1.82) is 0 Å². The Balaban J connectivity index is 1.78. The summed E-state index contributed by atoms with van der Waals surface area (Å²) >= 11 is 13.5. The lowest BCUT2D eigenvalue weighted by Crippen LogP contribution is -2.36. The monoisotopic (exact) mass is 453 g/mol. The molecule has 2 amide bonds. The lowest BCUT2D eigenvalue weighted by atomic mass is 10.2. The normalized spacial score (nSPS) is 16.6. The number of amides is 2. The zero-order chi connectivity index (χ0) is 21.1. The lowest BCUT2D eigenvalue weighted by Gasteiger charge is -2.19. The number of halogens is 3. The predicted molar refractivity (Wildman–Crippen MR) is 115 cm³/mol. The maximum atomic E-state index is 13.0. The van der Waals surface area contributed by atoms with Gasteiger partial charge in [0.25, 0.3) is 11.1 Å². The Hall–Kier alpha value is -2.02. The summed E-state index contributed by atoms with van der Waals surface area (Å²) in [5, 5.41) is 0.256. The van der Waals surface area contributed by atoms with Crippen LogP contribution in [0.3, 0.4) is 0 Å². The van der Waals surface area contributed by atoms with Gasteiger partial charge in [0.2, 0.25) is 0 Å². The molecule has 1 saturated heterocycles. The van der Waals surface area contributed by atoms with Gasteiger partial charge in [0.1, 0.15) is 12.4 Å². The lowest BCUT2D eigenvalue weighted by molar-refractivity contribution is -0.124. The number of carbonyl (C=O) groups excluding carboxylic acids is 2. The van der Waals surface area contributed by atoms with Crippen molar-refractivity contribution in [3.05, 3.63) is 68.3 Å². The molecule has 1 atom stereocenters. The number of carbonyl (C=O) groups is 2. The van der Waals surface area contributed by atoms with Crippen molar-refractivity contribution in [1.82, 2.24) is 4.90 Å². The van der Waals surface area contributed by atoms with Crippen molar-refractivity contribution in [2.24, 2.45) is 0 Å². The maximum Gasteiger partial charge on any atom is 0.293 e. The summed E-state index contributed by atoms with van der Waals surface area (Å²) in [6.45, 7) is 3.93. The molecule has 3 rings (SSSR count). The number of hydrogen-bond donors (Lipinski definition) is 0. The third-order valence-corrected chi connectivity index (χ3v) is 5.92. The minimum atomic E-state index is -0.327. The van der Waals surface area contributed by atoms with Crippen LogP contribution in [0.25, 0.3) is 6.08 Å². The van der Waals surface area contributed by atoms with Crippen LogP contribution in [-0.2, 0) is 11.4 Å². The molecule has 2 aromatic rings.